The molecule has 1 saturated heterocycles. The van der Waals surface area contributed by atoms with Crippen LogP contribution in [0.2, 0.25) is 0 Å². The molecule has 144 valence electrons. The van der Waals surface area contributed by atoms with E-state index in [2.05, 4.69) is 35.6 Å². The molecular weight excluding hydrogens is 346 g/mol. The zero-order chi connectivity index (χ0) is 18.6. The topological polar surface area (TPSA) is 109 Å². The third-order valence-corrected chi connectivity index (χ3v) is 5.34. The Labute approximate surface area is 158 Å². The number of rotatable bonds is 4. The molecule has 1 aliphatic carbocycles. The van der Waals surface area contributed by atoms with E-state index in [1.54, 1.807) is 18.6 Å². The van der Waals surface area contributed by atoms with Crippen LogP contribution < -0.4 is 10.6 Å². The number of urea groups is 1. The molecule has 4 rings (SSSR count). The van der Waals surface area contributed by atoms with Gasteiger partial charge in [-0.3, -0.25) is 9.88 Å². The number of carbonyl (C=O) groups is 1. The molecule has 2 aromatic rings. The Balaban J connectivity index is 1.34. The quantitative estimate of drug-likeness (QED) is 0.845. The van der Waals surface area contributed by atoms with Gasteiger partial charge in [0.25, 0.3) is 0 Å². The van der Waals surface area contributed by atoms with Gasteiger partial charge in [0.1, 0.15) is 5.69 Å². The maximum absolute atomic E-state index is 12.3. The summed E-state index contributed by atoms with van der Waals surface area (Å²) in [5.74, 6) is 0.966. The van der Waals surface area contributed by atoms with E-state index in [9.17, 15) is 4.79 Å². The van der Waals surface area contributed by atoms with Gasteiger partial charge < -0.3 is 15.2 Å². The predicted molar refractivity (Wildman–Crippen MR) is 97.6 cm³/mol. The highest BCUT2D eigenvalue weighted by molar-refractivity contribution is 5.74. The van der Waals surface area contributed by atoms with Crippen LogP contribution in [0.25, 0.3) is 11.5 Å². The number of amides is 2. The molecule has 0 spiro atoms. The molecule has 2 amide bonds. The maximum Gasteiger partial charge on any atom is 0.315 e. The van der Waals surface area contributed by atoms with E-state index in [4.69, 9.17) is 4.52 Å². The Morgan fingerprint density at radius 2 is 2.00 bits per heavy atom. The molecule has 0 bridgehead atoms. The van der Waals surface area contributed by atoms with Crippen molar-refractivity contribution in [2.45, 2.75) is 56.7 Å². The number of carbonyl (C=O) groups excluding carboxylic acids is 1. The van der Waals surface area contributed by atoms with Crippen molar-refractivity contribution < 1.29 is 9.32 Å². The van der Waals surface area contributed by atoms with Gasteiger partial charge >= 0.3 is 6.03 Å². The average molecular weight is 371 g/mol. The lowest BCUT2D eigenvalue weighted by Gasteiger charge is -2.24. The van der Waals surface area contributed by atoms with Crippen molar-refractivity contribution in [3.63, 3.8) is 0 Å². The molecule has 2 N–H and O–H groups in total. The number of likely N-dealkylation sites (tertiary alicyclic amines) is 1. The van der Waals surface area contributed by atoms with Crippen LogP contribution in [0.1, 0.15) is 50.5 Å². The van der Waals surface area contributed by atoms with Gasteiger partial charge in [-0.25, -0.2) is 9.78 Å². The van der Waals surface area contributed by atoms with Crippen LogP contribution in [-0.2, 0) is 0 Å². The summed E-state index contributed by atoms with van der Waals surface area (Å²) in [6, 6.07) is 0.254. The van der Waals surface area contributed by atoms with Gasteiger partial charge in [-0.15, -0.1) is 0 Å². The van der Waals surface area contributed by atoms with Gasteiger partial charge in [-0.05, 0) is 26.3 Å². The van der Waals surface area contributed by atoms with E-state index in [0.29, 0.717) is 23.5 Å². The van der Waals surface area contributed by atoms with Crippen LogP contribution in [0.4, 0.5) is 4.79 Å². The first kappa shape index (κ1) is 17.8. The lowest BCUT2D eigenvalue weighted by atomic mass is 9.96. The Hall–Kier alpha value is -2.55. The van der Waals surface area contributed by atoms with Crippen molar-refractivity contribution in [3.8, 4) is 11.5 Å². The number of nitrogens with one attached hydrogen (secondary N) is 2. The summed E-state index contributed by atoms with van der Waals surface area (Å²) in [5, 5.41) is 10.2. The average Bonchev–Trinajstić information content (AvgIpc) is 3.30. The Bertz CT molecular complexity index is 760. The van der Waals surface area contributed by atoms with Crippen molar-refractivity contribution in [2.24, 2.45) is 0 Å². The fourth-order valence-corrected chi connectivity index (χ4v) is 3.94. The van der Waals surface area contributed by atoms with Crippen molar-refractivity contribution in [2.75, 3.05) is 13.6 Å². The predicted octanol–water partition coefficient (Wildman–Crippen LogP) is 1.90. The fourth-order valence-electron chi connectivity index (χ4n) is 3.94. The van der Waals surface area contributed by atoms with Gasteiger partial charge in [0.15, 0.2) is 0 Å². The second-order valence-electron chi connectivity index (χ2n) is 7.39. The Morgan fingerprint density at radius 3 is 2.78 bits per heavy atom. The number of aromatic nitrogens is 4. The minimum Gasteiger partial charge on any atom is -0.337 e. The minimum absolute atomic E-state index is 0.0251. The van der Waals surface area contributed by atoms with E-state index >= 15 is 0 Å². The molecule has 1 aliphatic heterocycles. The highest BCUT2D eigenvalue weighted by atomic mass is 16.5. The molecule has 9 nitrogen and oxygen atoms in total. The van der Waals surface area contributed by atoms with Gasteiger partial charge in [0.2, 0.25) is 11.7 Å². The summed E-state index contributed by atoms with van der Waals surface area (Å²) >= 11 is 0. The highest BCUT2D eigenvalue weighted by Gasteiger charge is 2.35. The number of hydrogen-bond donors (Lipinski definition) is 2. The molecule has 2 aliphatic rings. The fraction of sp³-hybridized carbons (Fsp3) is 0.611. The van der Waals surface area contributed by atoms with Gasteiger partial charge in [-0.2, -0.15) is 4.98 Å². The molecule has 0 radical (unpaired) electrons. The second kappa shape index (κ2) is 7.99. The summed E-state index contributed by atoms with van der Waals surface area (Å²) in [6.07, 6.45) is 11.4. The lowest BCUT2D eigenvalue weighted by molar-refractivity contribution is 0.228. The smallest absolute Gasteiger partial charge is 0.315 e. The molecule has 0 aromatic carbocycles. The largest absolute Gasteiger partial charge is 0.337 e. The SMILES string of the molecule is CN1C[C@@H](NC(=O)NC2CCCCC2)C[C@H]1c1nc(-c2cnccn2)no1. The van der Waals surface area contributed by atoms with E-state index < -0.39 is 0 Å². The molecule has 2 fully saturated rings. The summed E-state index contributed by atoms with van der Waals surface area (Å²) in [5.41, 5.74) is 0.578. The van der Waals surface area contributed by atoms with Gasteiger partial charge in [0, 0.05) is 31.0 Å². The van der Waals surface area contributed by atoms with E-state index in [-0.39, 0.29) is 18.1 Å². The van der Waals surface area contributed by atoms with E-state index in [1.165, 1.54) is 19.3 Å². The molecule has 27 heavy (non-hydrogen) atoms. The molecule has 9 heteroatoms. The molecule has 1 saturated carbocycles. The first-order valence-corrected chi connectivity index (χ1v) is 9.56. The third-order valence-electron chi connectivity index (χ3n) is 5.34. The van der Waals surface area contributed by atoms with Crippen LogP contribution in [0.15, 0.2) is 23.1 Å². The number of nitrogens with zero attached hydrogens (tertiary/aromatic N) is 5. The molecule has 2 atom stereocenters. The van der Waals surface area contributed by atoms with E-state index in [1.807, 2.05) is 7.05 Å². The molecule has 2 aromatic heterocycles. The molecule has 3 heterocycles. The Kier molecular flexibility index (Phi) is 5.28. The van der Waals surface area contributed by atoms with Crippen LogP contribution in [0.5, 0.6) is 0 Å². The third kappa shape index (κ3) is 4.24. The van der Waals surface area contributed by atoms with Gasteiger partial charge in [-0.1, -0.05) is 24.4 Å². The monoisotopic (exact) mass is 371 g/mol. The minimum atomic E-state index is -0.0771. The maximum atomic E-state index is 12.3. The van der Waals surface area contributed by atoms with Crippen molar-refractivity contribution in [1.29, 1.82) is 0 Å². The molecule has 0 unspecified atom stereocenters. The number of hydrogen-bond acceptors (Lipinski definition) is 7. The standard InChI is InChI=1S/C18H25N7O2/c1-25-11-13(22-18(26)21-12-5-3-2-4-6-12)9-15(25)17-23-16(24-27-17)14-10-19-7-8-20-14/h7-8,10,12-13,15H,2-6,9,11H2,1H3,(H2,21,22,26)/t13-,15-/m0/s1. The van der Waals surface area contributed by atoms with Crippen LogP contribution in [0, 0.1) is 0 Å². The van der Waals surface area contributed by atoms with Crippen LogP contribution >= 0.6 is 0 Å². The van der Waals surface area contributed by atoms with Crippen LogP contribution in [0.3, 0.4) is 0 Å². The summed E-state index contributed by atoms with van der Waals surface area (Å²) < 4.78 is 5.45. The first-order chi connectivity index (χ1) is 13.2. The van der Waals surface area contributed by atoms with Crippen molar-refractivity contribution >= 4 is 6.03 Å². The van der Waals surface area contributed by atoms with Crippen LogP contribution in [-0.4, -0.2) is 56.7 Å². The Morgan fingerprint density at radius 1 is 1.19 bits per heavy atom. The lowest BCUT2D eigenvalue weighted by Crippen LogP contribution is -2.47. The van der Waals surface area contributed by atoms with E-state index in [0.717, 1.165) is 25.8 Å². The number of likely N-dealkylation sites (N-methyl/N-ethyl adjacent to an activating group) is 1. The zero-order valence-corrected chi connectivity index (χ0v) is 15.5. The van der Waals surface area contributed by atoms with Gasteiger partial charge in [0.05, 0.1) is 12.2 Å². The normalized spacial score (nSPS) is 24.0. The van der Waals surface area contributed by atoms with Crippen molar-refractivity contribution in [3.05, 3.63) is 24.5 Å². The zero-order valence-electron chi connectivity index (χ0n) is 15.5. The first-order valence-electron chi connectivity index (χ1n) is 9.56. The summed E-state index contributed by atoms with van der Waals surface area (Å²) in [6.45, 7) is 0.742. The molecular formula is C18H25N7O2. The summed E-state index contributed by atoms with van der Waals surface area (Å²) in [7, 11) is 2.00. The van der Waals surface area contributed by atoms with Crippen molar-refractivity contribution in [1.82, 2.24) is 35.6 Å². The highest BCUT2D eigenvalue weighted by Crippen LogP contribution is 2.30. The summed E-state index contributed by atoms with van der Waals surface area (Å²) in [4.78, 5) is 27.1. The second-order valence-corrected chi connectivity index (χ2v) is 7.39.